The molecule has 5 amide bonds. The lowest BCUT2D eigenvalue weighted by atomic mass is 9.98. The van der Waals surface area contributed by atoms with Gasteiger partial charge in [-0.3, -0.25) is 24.0 Å². The SMILES string of the molecule is CC(C)C[C@H](NC(=O)[C@H](CC(C)C)NC(=O)[C@H](CC(C)C)NC(=O)[C@@H](N)CS)C(=O)N[C@@H](CC(C)C)C(=O)N[C@H](C(=O)O)[C@@H](C)O. The summed E-state index contributed by atoms with van der Waals surface area (Å²) in [6, 6.07) is -6.73. The molecule has 0 aromatic carbocycles. The average molecular weight is 675 g/mol. The number of nitrogens with two attached hydrogens (primary N) is 1. The van der Waals surface area contributed by atoms with E-state index in [-0.39, 0.29) is 48.7 Å². The molecule has 0 saturated carbocycles. The van der Waals surface area contributed by atoms with Gasteiger partial charge in [0.25, 0.3) is 0 Å². The van der Waals surface area contributed by atoms with E-state index >= 15 is 0 Å². The highest BCUT2D eigenvalue weighted by molar-refractivity contribution is 7.80. The molecule has 266 valence electrons. The van der Waals surface area contributed by atoms with E-state index in [4.69, 9.17) is 5.73 Å². The number of thiol groups is 1. The lowest BCUT2D eigenvalue weighted by Crippen LogP contribution is -2.60. The first-order valence-electron chi connectivity index (χ1n) is 16.0. The quantitative estimate of drug-likeness (QED) is 0.0763. The van der Waals surface area contributed by atoms with Crippen LogP contribution in [0.5, 0.6) is 0 Å². The first kappa shape index (κ1) is 43.1. The molecule has 14 nitrogen and oxygen atoms in total. The first-order chi connectivity index (χ1) is 21.2. The number of aliphatic hydroxyl groups excluding tert-OH is 1. The Hall–Kier alpha value is -2.91. The Kier molecular flexibility index (Phi) is 19.7. The molecule has 9 N–H and O–H groups in total. The maximum absolute atomic E-state index is 13.6. The molecule has 0 bridgehead atoms. The van der Waals surface area contributed by atoms with Crippen molar-refractivity contribution in [2.75, 3.05) is 5.75 Å². The number of hydrogen-bond donors (Lipinski definition) is 9. The van der Waals surface area contributed by atoms with E-state index in [0.717, 1.165) is 0 Å². The number of aliphatic hydroxyl groups is 1. The van der Waals surface area contributed by atoms with Gasteiger partial charge in [-0.15, -0.1) is 0 Å². The fraction of sp³-hybridized carbons (Fsp3) is 0.806. The molecular formula is C31H58N6O8S. The van der Waals surface area contributed by atoms with Crippen molar-refractivity contribution in [1.29, 1.82) is 0 Å². The van der Waals surface area contributed by atoms with Gasteiger partial charge in [0.15, 0.2) is 6.04 Å². The summed E-state index contributed by atoms with van der Waals surface area (Å²) in [6.07, 6.45) is -0.485. The minimum atomic E-state index is -1.58. The minimum absolute atomic E-state index is 0.0283. The van der Waals surface area contributed by atoms with Crippen LogP contribution in [0.1, 0.15) is 88.0 Å². The van der Waals surface area contributed by atoms with Gasteiger partial charge in [0, 0.05) is 5.75 Å². The van der Waals surface area contributed by atoms with Crippen LogP contribution < -0.4 is 32.3 Å². The summed E-state index contributed by atoms with van der Waals surface area (Å²) < 4.78 is 0. The normalized spacial score (nSPS) is 16.2. The Bertz CT molecular complexity index is 1020. The summed E-state index contributed by atoms with van der Waals surface area (Å²) in [5.74, 6) is -4.65. The van der Waals surface area contributed by atoms with E-state index in [1.165, 1.54) is 6.92 Å². The van der Waals surface area contributed by atoms with E-state index in [9.17, 15) is 39.0 Å². The van der Waals surface area contributed by atoms with Crippen LogP contribution in [0.2, 0.25) is 0 Å². The van der Waals surface area contributed by atoms with Crippen LogP contribution in [0.15, 0.2) is 0 Å². The molecule has 0 rings (SSSR count). The number of hydrogen-bond acceptors (Lipinski definition) is 9. The van der Waals surface area contributed by atoms with Crippen LogP contribution in [-0.2, 0) is 28.8 Å². The molecular weight excluding hydrogens is 616 g/mol. The van der Waals surface area contributed by atoms with Crippen LogP contribution in [-0.4, -0.2) is 93.8 Å². The van der Waals surface area contributed by atoms with Gasteiger partial charge < -0.3 is 42.5 Å². The molecule has 0 spiro atoms. The number of carboxylic acids is 1. The van der Waals surface area contributed by atoms with Gasteiger partial charge in [-0.1, -0.05) is 55.4 Å². The molecule has 0 aliphatic rings. The van der Waals surface area contributed by atoms with Crippen molar-refractivity contribution in [1.82, 2.24) is 26.6 Å². The summed E-state index contributed by atoms with van der Waals surface area (Å²) in [7, 11) is 0. The molecule has 0 aromatic heterocycles. The Morgan fingerprint density at radius 1 is 0.543 bits per heavy atom. The molecule has 0 radical (unpaired) electrons. The average Bonchev–Trinajstić information content (AvgIpc) is 2.92. The smallest absolute Gasteiger partial charge is 0.328 e. The molecule has 0 aliphatic heterocycles. The number of carboxylic acid groups (broad SMARTS) is 1. The highest BCUT2D eigenvalue weighted by Crippen LogP contribution is 2.13. The van der Waals surface area contributed by atoms with Crippen LogP contribution in [0.25, 0.3) is 0 Å². The molecule has 0 aliphatic carbocycles. The zero-order valence-corrected chi connectivity index (χ0v) is 29.6. The monoisotopic (exact) mass is 674 g/mol. The number of rotatable bonds is 21. The second kappa shape index (κ2) is 21.1. The molecule has 15 heteroatoms. The zero-order valence-electron chi connectivity index (χ0n) is 28.8. The van der Waals surface area contributed by atoms with Crippen molar-refractivity contribution in [2.45, 2.75) is 130 Å². The maximum Gasteiger partial charge on any atom is 0.328 e. The van der Waals surface area contributed by atoms with E-state index in [1.807, 2.05) is 55.4 Å². The highest BCUT2D eigenvalue weighted by Gasteiger charge is 2.34. The van der Waals surface area contributed by atoms with Gasteiger partial charge >= 0.3 is 5.97 Å². The summed E-state index contributed by atoms with van der Waals surface area (Å²) in [6.45, 7) is 16.1. The molecule has 0 unspecified atom stereocenters. The van der Waals surface area contributed by atoms with Crippen molar-refractivity contribution in [3.8, 4) is 0 Å². The van der Waals surface area contributed by atoms with E-state index in [2.05, 4.69) is 39.2 Å². The van der Waals surface area contributed by atoms with Gasteiger partial charge in [0.1, 0.15) is 24.2 Å². The third-order valence-corrected chi connectivity index (χ3v) is 7.33. The van der Waals surface area contributed by atoms with Crippen LogP contribution >= 0.6 is 12.6 Å². The van der Waals surface area contributed by atoms with E-state index < -0.39 is 77.9 Å². The second-order valence-corrected chi connectivity index (χ2v) is 14.0. The second-order valence-electron chi connectivity index (χ2n) is 13.6. The zero-order chi connectivity index (χ0) is 35.9. The first-order valence-corrected chi connectivity index (χ1v) is 16.6. The van der Waals surface area contributed by atoms with Crippen LogP contribution in [0, 0.1) is 23.7 Å². The Balaban J connectivity index is 6.11. The number of aliphatic carboxylic acids is 1. The summed E-state index contributed by atoms with van der Waals surface area (Å²) in [5, 5.41) is 32.2. The van der Waals surface area contributed by atoms with Crippen LogP contribution in [0.4, 0.5) is 0 Å². The van der Waals surface area contributed by atoms with Crippen molar-refractivity contribution < 1.29 is 39.0 Å². The maximum atomic E-state index is 13.6. The predicted molar refractivity (Wildman–Crippen MR) is 179 cm³/mol. The number of nitrogens with one attached hydrogen (secondary N) is 5. The fourth-order valence-corrected chi connectivity index (χ4v) is 4.80. The lowest BCUT2D eigenvalue weighted by molar-refractivity contribution is -0.145. The Morgan fingerprint density at radius 2 is 0.804 bits per heavy atom. The van der Waals surface area contributed by atoms with Crippen LogP contribution in [0.3, 0.4) is 0 Å². The van der Waals surface area contributed by atoms with Gasteiger partial charge in [-0.2, -0.15) is 12.6 Å². The topological polar surface area (TPSA) is 229 Å². The predicted octanol–water partition coefficient (Wildman–Crippen LogP) is 0.317. The standard InChI is InChI=1S/C31H58N6O8S/c1-15(2)10-21(33-26(39)20(32)14-46)27(40)34-22(11-16(3)4)28(41)35-23(12-17(5)6)29(42)36-24(13-18(7)8)30(43)37-25(19(9)38)31(44)45/h15-25,38,46H,10-14,32H2,1-9H3,(H,33,39)(H,34,40)(H,35,41)(H,36,42)(H,37,43)(H,44,45)/t19-,20+,21+,22+,23+,24+,25+/m1/s1. The molecule has 46 heavy (non-hydrogen) atoms. The highest BCUT2D eigenvalue weighted by atomic mass is 32.1. The molecule has 7 atom stereocenters. The molecule has 0 aromatic rings. The van der Waals surface area contributed by atoms with E-state index in [0.29, 0.717) is 6.42 Å². The lowest BCUT2D eigenvalue weighted by Gasteiger charge is -2.29. The summed E-state index contributed by atoms with van der Waals surface area (Å²) >= 11 is 4.04. The minimum Gasteiger partial charge on any atom is -0.480 e. The fourth-order valence-electron chi connectivity index (χ4n) is 4.63. The van der Waals surface area contributed by atoms with Gasteiger partial charge in [0.2, 0.25) is 29.5 Å². The van der Waals surface area contributed by atoms with Crippen molar-refractivity contribution in [3.05, 3.63) is 0 Å². The van der Waals surface area contributed by atoms with Crippen molar-refractivity contribution in [2.24, 2.45) is 29.4 Å². The van der Waals surface area contributed by atoms with E-state index in [1.54, 1.807) is 0 Å². The number of carbonyl (C=O) groups excluding carboxylic acids is 5. The largest absolute Gasteiger partial charge is 0.480 e. The molecule has 0 heterocycles. The molecule has 0 saturated heterocycles. The van der Waals surface area contributed by atoms with Gasteiger partial charge in [-0.05, 0) is 56.3 Å². The van der Waals surface area contributed by atoms with Gasteiger partial charge in [-0.25, -0.2) is 4.79 Å². The van der Waals surface area contributed by atoms with Gasteiger partial charge in [0.05, 0.1) is 12.1 Å². The Morgan fingerprint density at radius 3 is 1.02 bits per heavy atom. The van der Waals surface area contributed by atoms with Crippen molar-refractivity contribution in [3.63, 3.8) is 0 Å². The third kappa shape index (κ3) is 16.6. The number of amides is 5. The third-order valence-electron chi connectivity index (χ3n) is 6.94. The summed E-state index contributed by atoms with van der Waals surface area (Å²) in [4.78, 5) is 77.6. The summed E-state index contributed by atoms with van der Waals surface area (Å²) in [5.41, 5.74) is 5.78. The van der Waals surface area contributed by atoms with Crippen molar-refractivity contribution >= 4 is 48.1 Å². The Labute approximate surface area is 278 Å². The number of carbonyl (C=O) groups is 6. The molecule has 0 fully saturated rings.